The molecular formula is C45H29N3OS. The summed E-state index contributed by atoms with van der Waals surface area (Å²) in [5.74, 6) is 1.45. The van der Waals surface area contributed by atoms with Crippen LogP contribution in [0.5, 0.6) is 0 Å². The molecule has 2 aromatic heterocycles. The third-order valence-electron chi connectivity index (χ3n) is 9.55. The minimum absolute atomic E-state index is 0.313. The van der Waals surface area contributed by atoms with Gasteiger partial charge in [0, 0.05) is 42.1 Å². The van der Waals surface area contributed by atoms with E-state index in [2.05, 4.69) is 145 Å². The van der Waals surface area contributed by atoms with E-state index in [-0.39, 0.29) is 6.17 Å². The van der Waals surface area contributed by atoms with Crippen LogP contribution in [0.15, 0.2) is 178 Å². The fourth-order valence-corrected chi connectivity index (χ4v) is 8.31. The molecule has 0 spiro atoms. The van der Waals surface area contributed by atoms with Gasteiger partial charge < -0.3 is 9.73 Å². The van der Waals surface area contributed by atoms with Gasteiger partial charge in [0.1, 0.15) is 23.2 Å². The van der Waals surface area contributed by atoms with Crippen molar-refractivity contribution in [1.82, 2.24) is 5.32 Å². The molecule has 236 valence electrons. The van der Waals surface area contributed by atoms with Gasteiger partial charge in [-0.25, -0.2) is 9.98 Å². The first kappa shape index (κ1) is 28.7. The summed E-state index contributed by atoms with van der Waals surface area (Å²) in [4.78, 5) is 10.2. The number of fused-ring (bicyclic) bond motifs is 6. The second-order valence-electron chi connectivity index (χ2n) is 12.6. The number of rotatable bonds is 5. The fourth-order valence-electron chi connectivity index (χ4n) is 7.07. The number of hydrogen-bond donors (Lipinski definition) is 1. The second-order valence-corrected chi connectivity index (χ2v) is 13.7. The Bertz CT molecular complexity index is 2790. The quantitative estimate of drug-likeness (QED) is 0.200. The normalized spacial score (nSPS) is 14.6. The van der Waals surface area contributed by atoms with Crippen molar-refractivity contribution in [3.8, 4) is 22.3 Å². The largest absolute Gasteiger partial charge is 0.456 e. The molecule has 5 heteroatoms. The summed E-state index contributed by atoms with van der Waals surface area (Å²) in [5.41, 5.74) is 9.36. The third-order valence-corrected chi connectivity index (χ3v) is 10.8. The highest BCUT2D eigenvalue weighted by Gasteiger charge is 2.22. The van der Waals surface area contributed by atoms with Crippen LogP contribution in [-0.4, -0.2) is 11.7 Å². The van der Waals surface area contributed by atoms with E-state index in [4.69, 9.17) is 14.4 Å². The average molecular weight is 660 g/mol. The summed E-state index contributed by atoms with van der Waals surface area (Å²) in [6, 6.07) is 57.4. The van der Waals surface area contributed by atoms with Crippen molar-refractivity contribution < 1.29 is 4.42 Å². The Labute approximate surface area is 292 Å². The molecule has 1 N–H and O–H groups in total. The lowest BCUT2D eigenvalue weighted by molar-refractivity contribution is 0.667. The fraction of sp³-hybridized carbons (Fsp3) is 0.0222. The van der Waals surface area contributed by atoms with Crippen LogP contribution in [0.4, 0.5) is 0 Å². The maximum atomic E-state index is 6.59. The summed E-state index contributed by atoms with van der Waals surface area (Å²) in [7, 11) is 0. The van der Waals surface area contributed by atoms with E-state index in [0.717, 1.165) is 55.6 Å². The number of hydrogen-bond acceptors (Lipinski definition) is 5. The number of nitrogens with one attached hydrogen (secondary N) is 1. The second kappa shape index (κ2) is 11.7. The zero-order chi connectivity index (χ0) is 33.0. The minimum atomic E-state index is -0.313. The molecule has 1 aliphatic rings. The number of benzene rings is 7. The van der Waals surface area contributed by atoms with Crippen LogP contribution in [0.2, 0.25) is 0 Å². The molecule has 1 aliphatic heterocycles. The van der Waals surface area contributed by atoms with E-state index in [0.29, 0.717) is 5.84 Å². The van der Waals surface area contributed by atoms with Crippen LogP contribution >= 0.6 is 11.3 Å². The lowest BCUT2D eigenvalue weighted by Gasteiger charge is -2.24. The zero-order valence-corrected chi connectivity index (χ0v) is 27.7. The molecule has 0 amide bonds. The molecule has 10 rings (SSSR count). The molecule has 3 heterocycles. The van der Waals surface area contributed by atoms with Crippen LogP contribution in [0.3, 0.4) is 0 Å². The molecule has 50 heavy (non-hydrogen) atoms. The topological polar surface area (TPSA) is 49.9 Å². The van der Waals surface area contributed by atoms with Gasteiger partial charge in [0.2, 0.25) is 0 Å². The Balaban J connectivity index is 1.06. The predicted molar refractivity (Wildman–Crippen MR) is 209 cm³/mol. The van der Waals surface area contributed by atoms with Crippen molar-refractivity contribution in [2.45, 2.75) is 6.17 Å². The van der Waals surface area contributed by atoms with Gasteiger partial charge in [0.15, 0.2) is 5.84 Å². The van der Waals surface area contributed by atoms with E-state index >= 15 is 0 Å². The smallest absolute Gasteiger partial charge is 0.159 e. The molecule has 0 saturated heterocycles. The van der Waals surface area contributed by atoms with Crippen molar-refractivity contribution in [3.63, 3.8) is 0 Å². The van der Waals surface area contributed by atoms with E-state index < -0.39 is 0 Å². The number of nitrogens with zero attached hydrogens (tertiary/aromatic N) is 2. The first-order chi connectivity index (χ1) is 24.7. The summed E-state index contributed by atoms with van der Waals surface area (Å²) < 4.78 is 9.19. The van der Waals surface area contributed by atoms with Crippen LogP contribution in [-0.2, 0) is 0 Å². The van der Waals surface area contributed by atoms with Crippen LogP contribution < -0.4 is 5.32 Å². The molecule has 1 atom stereocenters. The molecule has 0 saturated carbocycles. The molecule has 1 unspecified atom stereocenters. The molecule has 7 aromatic carbocycles. The molecule has 0 fully saturated rings. The minimum Gasteiger partial charge on any atom is -0.456 e. The molecule has 0 radical (unpaired) electrons. The highest BCUT2D eigenvalue weighted by Crippen LogP contribution is 2.41. The van der Waals surface area contributed by atoms with E-state index in [1.165, 1.54) is 31.3 Å². The number of thiophene rings is 1. The summed E-state index contributed by atoms with van der Waals surface area (Å²) >= 11 is 1.85. The average Bonchev–Trinajstić information content (AvgIpc) is 3.76. The molecular weight excluding hydrogens is 631 g/mol. The molecule has 9 aromatic rings. The van der Waals surface area contributed by atoms with Crippen LogP contribution in [0.1, 0.15) is 22.9 Å². The van der Waals surface area contributed by atoms with E-state index in [9.17, 15) is 0 Å². The summed E-state index contributed by atoms with van der Waals surface area (Å²) in [5, 5.41) is 8.37. The van der Waals surface area contributed by atoms with E-state index in [1.54, 1.807) is 0 Å². The molecule has 0 aliphatic carbocycles. The number of furan rings is 1. The predicted octanol–water partition coefficient (Wildman–Crippen LogP) is 11.8. The lowest BCUT2D eigenvalue weighted by Crippen LogP contribution is -2.33. The van der Waals surface area contributed by atoms with Crippen LogP contribution in [0.25, 0.3) is 64.4 Å². The maximum Gasteiger partial charge on any atom is 0.159 e. The Hall–Kier alpha value is -6.30. The van der Waals surface area contributed by atoms with Gasteiger partial charge in [-0.2, -0.15) is 0 Å². The summed E-state index contributed by atoms with van der Waals surface area (Å²) in [6.07, 6.45) is -0.313. The van der Waals surface area contributed by atoms with E-state index in [1.807, 2.05) is 35.6 Å². The van der Waals surface area contributed by atoms with Gasteiger partial charge in [0.05, 0.1) is 0 Å². The third kappa shape index (κ3) is 4.90. The van der Waals surface area contributed by atoms with Crippen molar-refractivity contribution in [3.05, 3.63) is 180 Å². The maximum absolute atomic E-state index is 6.59. The van der Waals surface area contributed by atoms with Gasteiger partial charge in [-0.1, -0.05) is 127 Å². The van der Waals surface area contributed by atoms with Gasteiger partial charge in [-0.3, -0.25) is 0 Å². The van der Waals surface area contributed by atoms with Crippen LogP contribution in [0, 0.1) is 0 Å². The Morgan fingerprint density at radius 1 is 0.500 bits per heavy atom. The van der Waals surface area contributed by atoms with Gasteiger partial charge in [-0.05, 0) is 64.2 Å². The van der Waals surface area contributed by atoms with Crippen molar-refractivity contribution in [2.75, 3.05) is 0 Å². The summed E-state index contributed by atoms with van der Waals surface area (Å²) in [6.45, 7) is 0. The molecule has 4 nitrogen and oxygen atoms in total. The number of amidine groups is 2. The standard InChI is InChI=1S/C45H29N3OS/c1-3-11-28(12-4-1)30-15-9-16-32(25-30)44-46-43(29-13-5-2-6-14-29)47-45(48-44)33-22-24-36-35-23-21-31(26-39(35)49-40(36)27-33)34-18-10-19-38-37-17-7-8-20-41(37)50-42(34)38/h1-27,44H,(H,46,47,48). The SMILES string of the molecule is c1ccc(C2=NC(c3ccc4c(c3)oc3cc(-c5cccc6c5sc5ccccc56)ccc34)=NC(c3cccc(-c4ccccc4)c3)N2)cc1. The Kier molecular flexibility index (Phi) is 6.71. The van der Waals surface area contributed by atoms with Crippen molar-refractivity contribution >= 4 is 65.1 Å². The van der Waals surface area contributed by atoms with Gasteiger partial charge in [-0.15, -0.1) is 11.3 Å². The van der Waals surface area contributed by atoms with Crippen molar-refractivity contribution in [1.29, 1.82) is 0 Å². The van der Waals surface area contributed by atoms with Crippen molar-refractivity contribution in [2.24, 2.45) is 9.98 Å². The highest BCUT2D eigenvalue weighted by atomic mass is 32.1. The monoisotopic (exact) mass is 659 g/mol. The Morgan fingerprint density at radius 2 is 1.16 bits per heavy atom. The zero-order valence-electron chi connectivity index (χ0n) is 26.9. The highest BCUT2D eigenvalue weighted by molar-refractivity contribution is 7.26. The van der Waals surface area contributed by atoms with Gasteiger partial charge >= 0.3 is 0 Å². The lowest BCUT2D eigenvalue weighted by atomic mass is 10.0. The number of aliphatic imine (C=N–C) groups is 2. The first-order valence-electron chi connectivity index (χ1n) is 16.8. The van der Waals surface area contributed by atoms with Gasteiger partial charge in [0.25, 0.3) is 0 Å². The Morgan fingerprint density at radius 3 is 1.98 bits per heavy atom. The first-order valence-corrected chi connectivity index (χ1v) is 17.6. The molecule has 0 bridgehead atoms.